The largest absolute Gasteiger partial charge is 0.334 e. The number of likely N-dealkylation sites (N-methyl/N-ethyl adjacent to an activating group) is 1. The predicted octanol–water partition coefficient (Wildman–Crippen LogP) is 0.697. The fraction of sp³-hybridized carbons (Fsp3) is 0.727. The Morgan fingerprint density at radius 1 is 1.60 bits per heavy atom. The van der Waals surface area contributed by atoms with Crippen LogP contribution in [0.25, 0.3) is 0 Å². The van der Waals surface area contributed by atoms with Crippen LogP contribution in [0.2, 0.25) is 0 Å². The first-order valence-electron chi connectivity index (χ1n) is 5.73. The van der Waals surface area contributed by atoms with Gasteiger partial charge in [0.05, 0.1) is 6.54 Å². The number of hydrogen-bond acceptors (Lipinski definition) is 3. The van der Waals surface area contributed by atoms with E-state index < -0.39 is 0 Å². The van der Waals surface area contributed by atoms with E-state index in [0.717, 1.165) is 19.6 Å². The maximum Gasteiger partial charge on any atom is 0.122 e. The van der Waals surface area contributed by atoms with Gasteiger partial charge >= 0.3 is 0 Å². The molecule has 0 bridgehead atoms. The lowest BCUT2D eigenvalue weighted by molar-refractivity contribution is 0.309. The Balaban J connectivity index is 1.92. The van der Waals surface area contributed by atoms with E-state index in [4.69, 9.17) is 0 Å². The molecule has 0 aromatic carbocycles. The molecule has 1 aromatic heterocycles. The first-order chi connectivity index (χ1) is 7.33. The molecule has 1 N–H and O–H groups in total. The van der Waals surface area contributed by atoms with Crippen molar-refractivity contribution in [1.29, 1.82) is 0 Å². The van der Waals surface area contributed by atoms with Gasteiger partial charge in [-0.15, -0.1) is 0 Å². The van der Waals surface area contributed by atoms with E-state index in [1.54, 1.807) is 0 Å². The molecule has 0 aliphatic carbocycles. The van der Waals surface area contributed by atoms with Crippen LogP contribution < -0.4 is 5.32 Å². The topological polar surface area (TPSA) is 33.1 Å². The molecule has 2 rings (SSSR count). The summed E-state index contributed by atoms with van der Waals surface area (Å²) < 4.78 is 2.21. The number of nitrogens with zero attached hydrogens (tertiary/aromatic N) is 3. The molecular formula is C11H20N4. The van der Waals surface area contributed by atoms with Crippen molar-refractivity contribution in [2.75, 3.05) is 20.1 Å². The average Bonchev–Trinajstić information content (AvgIpc) is 2.87. The van der Waals surface area contributed by atoms with Gasteiger partial charge in [0.2, 0.25) is 0 Å². The summed E-state index contributed by atoms with van der Waals surface area (Å²) in [6, 6.07) is 0.662. The third-order valence-electron chi connectivity index (χ3n) is 3.19. The van der Waals surface area contributed by atoms with Crippen molar-refractivity contribution >= 4 is 0 Å². The fourth-order valence-electron chi connectivity index (χ4n) is 2.19. The van der Waals surface area contributed by atoms with E-state index in [1.165, 1.54) is 18.8 Å². The molecule has 0 saturated carbocycles. The van der Waals surface area contributed by atoms with Gasteiger partial charge in [-0.2, -0.15) is 0 Å². The molecule has 1 unspecified atom stereocenters. The van der Waals surface area contributed by atoms with Crippen molar-refractivity contribution in [1.82, 2.24) is 19.8 Å². The number of hydrogen-bond donors (Lipinski definition) is 1. The Labute approximate surface area is 91.3 Å². The van der Waals surface area contributed by atoms with E-state index in [2.05, 4.69) is 32.9 Å². The summed E-state index contributed by atoms with van der Waals surface area (Å²) in [6.07, 6.45) is 5.20. The summed E-state index contributed by atoms with van der Waals surface area (Å²) >= 11 is 0. The first-order valence-corrected chi connectivity index (χ1v) is 5.73. The highest BCUT2D eigenvalue weighted by molar-refractivity contribution is 4.94. The minimum absolute atomic E-state index is 0.662. The second kappa shape index (κ2) is 4.77. The van der Waals surface area contributed by atoms with Crippen LogP contribution in [0.3, 0.4) is 0 Å². The quantitative estimate of drug-likeness (QED) is 0.790. The van der Waals surface area contributed by atoms with E-state index in [-0.39, 0.29) is 0 Å². The number of rotatable bonds is 4. The van der Waals surface area contributed by atoms with E-state index in [1.807, 2.05) is 13.2 Å². The second-order valence-electron chi connectivity index (χ2n) is 4.14. The Bertz CT molecular complexity index is 307. The normalized spacial score (nSPS) is 22.4. The lowest BCUT2D eigenvalue weighted by atomic mass is 10.3. The van der Waals surface area contributed by atoms with E-state index >= 15 is 0 Å². The van der Waals surface area contributed by atoms with Crippen molar-refractivity contribution in [3.63, 3.8) is 0 Å². The van der Waals surface area contributed by atoms with Gasteiger partial charge < -0.3 is 9.88 Å². The second-order valence-corrected chi connectivity index (χ2v) is 4.14. The van der Waals surface area contributed by atoms with Gasteiger partial charge in [-0.25, -0.2) is 4.98 Å². The third kappa shape index (κ3) is 2.38. The highest BCUT2D eigenvalue weighted by Gasteiger charge is 2.21. The Morgan fingerprint density at radius 3 is 3.13 bits per heavy atom. The van der Waals surface area contributed by atoms with Crippen LogP contribution in [0.5, 0.6) is 0 Å². The Morgan fingerprint density at radius 2 is 2.47 bits per heavy atom. The molecule has 0 amide bonds. The molecule has 1 aromatic rings. The van der Waals surface area contributed by atoms with E-state index in [0.29, 0.717) is 6.04 Å². The molecule has 1 aliphatic heterocycles. The Kier molecular flexibility index (Phi) is 3.38. The van der Waals surface area contributed by atoms with Crippen LogP contribution in [-0.2, 0) is 13.1 Å². The minimum atomic E-state index is 0.662. The average molecular weight is 208 g/mol. The summed E-state index contributed by atoms with van der Waals surface area (Å²) in [4.78, 5) is 6.87. The predicted molar refractivity (Wildman–Crippen MR) is 60.6 cm³/mol. The molecule has 4 heteroatoms. The number of likely N-dealkylation sites (tertiary alicyclic amines) is 1. The maximum atomic E-state index is 4.40. The zero-order valence-corrected chi connectivity index (χ0v) is 9.61. The van der Waals surface area contributed by atoms with Gasteiger partial charge in [0.15, 0.2) is 0 Å². The van der Waals surface area contributed by atoms with E-state index in [9.17, 15) is 0 Å². The summed E-state index contributed by atoms with van der Waals surface area (Å²) in [5.74, 6) is 1.19. The summed E-state index contributed by atoms with van der Waals surface area (Å²) in [7, 11) is 2.04. The monoisotopic (exact) mass is 208 g/mol. The van der Waals surface area contributed by atoms with Crippen LogP contribution in [0.15, 0.2) is 12.4 Å². The van der Waals surface area contributed by atoms with Crippen molar-refractivity contribution in [2.45, 2.75) is 32.5 Å². The number of aromatic nitrogens is 2. The van der Waals surface area contributed by atoms with Gasteiger partial charge in [0.1, 0.15) is 5.82 Å². The molecule has 0 spiro atoms. The SMILES string of the molecule is CCn1ccnc1CN1CCC(NC)C1. The summed E-state index contributed by atoms with van der Waals surface area (Å²) in [6.45, 7) is 6.48. The van der Waals surface area contributed by atoms with Gasteiger partial charge in [-0.3, -0.25) is 4.90 Å². The van der Waals surface area contributed by atoms with Gasteiger partial charge in [0, 0.05) is 38.1 Å². The molecule has 1 aliphatic rings. The number of imidazole rings is 1. The molecule has 15 heavy (non-hydrogen) atoms. The highest BCUT2D eigenvalue weighted by atomic mass is 15.2. The van der Waals surface area contributed by atoms with Crippen molar-refractivity contribution in [3.8, 4) is 0 Å². The molecule has 1 fully saturated rings. The highest BCUT2D eigenvalue weighted by Crippen LogP contribution is 2.12. The van der Waals surface area contributed by atoms with Gasteiger partial charge in [-0.05, 0) is 20.4 Å². The zero-order chi connectivity index (χ0) is 10.7. The maximum absolute atomic E-state index is 4.40. The van der Waals surface area contributed by atoms with Crippen LogP contribution in [0.1, 0.15) is 19.2 Å². The number of aryl methyl sites for hydroxylation is 1. The lowest BCUT2D eigenvalue weighted by Crippen LogP contribution is -2.30. The molecule has 0 radical (unpaired) electrons. The summed E-state index contributed by atoms with van der Waals surface area (Å²) in [5, 5.41) is 3.33. The lowest BCUT2D eigenvalue weighted by Gasteiger charge is -2.15. The standard InChI is InChI=1S/C11H20N4/c1-3-15-7-5-13-11(15)9-14-6-4-10(8-14)12-2/h5,7,10,12H,3-4,6,8-9H2,1-2H3. The first kappa shape index (κ1) is 10.6. The smallest absolute Gasteiger partial charge is 0.122 e. The summed E-state index contributed by atoms with van der Waals surface area (Å²) in [5.41, 5.74) is 0. The van der Waals surface area contributed by atoms with Crippen molar-refractivity contribution < 1.29 is 0 Å². The zero-order valence-electron chi connectivity index (χ0n) is 9.61. The van der Waals surface area contributed by atoms with Crippen LogP contribution >= 0.6 is 0 Å². The van der Waals surface area contributed by atoms with Crippen LogP contribution in [0.4, 0.5) is 0 Å². The van der Waals surface area contributed by atoms with Crippen LogP contribution in [-0.4, -0.2) is 40.6 Å². The fourth-order valence-corrected chi connectivity index (χ4v) is 2.19. The van der Waals surface area contributed by atoms with Crippen molar-refractivity contribution in [2.24, 2.45) is 0 Å². The molecule has 4 nitrogen and oxygen atoms in total. The van der Waals surface area contributed by atoms with Gasteiger partial charge in [-0.1, -0.05) is 0 Å². The number of nitrogens with one attached hydrogen (secondary N) is 1. The van der Waals surface area contributed by atoms with Crippen molar-refractivity contribution in [3.05, 3.63) is 18.2 Å². The molecule has 1 atom stereocenters. The minimum Gasteiger partial charge on any atom is -0.334 e. The molecular weight excluding hydrogens is 188 g/mol. The Hall–Kier alpha value is -0.870. The molecule has 84 valence electrons. The molecule has 1 saturated heterocycles. The molecule has 2 heterocycles. The van der Waals surface area contributed by atoms with Crippen LogP contribution in [0, 0.1) is 0 Å². The van der Waals surface area contributed by atoms with Gasteiger partial charge in [0.25, 0.3) is 0 Å². The third-order valence-corrected chi connectivity index (χ3v) is 3.19.